The van der Waals surface area contributed by atoms with Crippen molar-refractivity contribution in [2.75, 3.05) is 18.4 Å². The standard InChI is InChI=1S/C17H22N2OS/c1-4-18-14-9-6-5-8-13(14)16(20)19-12-17(2,3)15-10-7-11-21-15/h5-11,18H,4,12H2,1-3H3,(H,19,20). The average Bonchev–Trinajstić information content (AvgIpc) is 3.01. The highest BCUT2D eigenvalue weighted by Crippen LogP contribution is 2.26. The summed E-state index contributed by atoms with van der Waals surface area (Å²) in [6.45, 7) is 7.73. The molecule has 1 aromatic carbocycles. The molecule has 0 fully saturated rings. The molecule has 1 amide bonds. The maximum Gasteiger partial charge on any atom is 0.253 e. The van der Waals surface area contributed by atoms with Crippen molar-refractivity contribution in [3.8, 4) is 0 Å². The zero-order valence-electron chi connectivity index (χ0n) is 12.8. The van der Waals surface area contributed by atoms with E-state index >= 15 is 0 Å². The van der Waals surface area contributed by atoms with E-state index in [4.69, 9.17) is 0 Å². The Hall–Kier alpha value is -1.81. The second-order valence-electron chi connectivity index (χ2n) is 5.62. The minimum absolute atomic E-state index is 0.0313. The van der Waals surface area contributed by atoms with Crippen molar-refractivity contribution in [3.63, 3.8) is 0 Å². The molecule has 112 valence electrons. The smallest absolute Gasteiger partial charge is 0.253 e. The van der Waals surface area contributed by atoms with Crippen molar-refractivity contribution in [2.45, 2.75) is 26.2 Å². The third-order valence-electron chi connectivity index (χ3n) is 3.42. The maximum absolute atomic E-state index is 12.4. The van der Waals surface area contributed by atoms with Crippen LogP contribution in [0.4, 0.5) is 5.69 Å². The Balaban J connectivity index is 2.05. The molecule has 3 nitrogen and oxygen atoms in total. The van der Waals surface area contributed by atoms with Crippen LogP contribution in [0.15, 0.2) is 41.8 Å². The minimum Gasteiger partial charge on any atom is -0.385 e. The van der Waals surface area contributed by atoms with Crippen LogP contribution < -0.4 is 10.6 Å². The number of carbonyl (C=O) groups excluding carboxylic acids is 1. The number of nitrogens with one attached hydrogen (secondary N) is 2. The highest BCUT2D eigenvalue weighted by atomic mass is 32.1. The molecule has 0 atom stereocenters. The lowest BCUT2D eigenvalue weighted by molar-refractivity contribution is 0.0946. The average molecular weight is 302 g/mol. The van der Waals surface area contributed by atoms with E-state index in [0.717, 1.165) is 12.2 Å². The predicted octanol–water partition coefficient (Wildman–Crippen LogP) is 3.89. The highest BCUT2D eigenvalue weighted by Gasteiger charge is 2.23. The number of rotatable bonds is 6. The second-order valence-corrected chi connectivity index (χ2v) is 6.57. The number of thiophene rings is 1. The first-order valence-electron chi connectivity index (χ1n) is 7.19. The summed E-state index contributed by atoms with van der Waals surface area (Å²) in [7, 11) is 0. The molecule has 1 aromatic heterocycles. The molecule has 0 unspecified atom stereocenters. The van der Waals surface area contributed by atoms with Gasteiger partial charge < -0.3 is 10.6 Å². The number of amides is 1. The molecule has 0 radical (unpaired) electrons. The topological polar surface area (TPSA) is 41.1 Å². The molecule has 0 aliphatic rings. The quantitative estimate of drug-likeness (QED) is 0.850. The summed E-state index contributed by atoms with van der Waals surface area (Å²) in [5.41, 5.74) is 1.52. The van der Waals surface area contributed by atoms with Gasteiger partial charge in [0.15, 0.2) is 0 Å². The zero-order chi connectivity index (χ0) is 15.3. The molecule has 4 heteroatoms. The van der Waals surface area contributed by atoms with Crippen LogP contribution in [0.1, 0.15) is 36.0 Å². The van der Waals surface area contributed by atoms with Gasteiger partial charge >= 0.3 is 0 Å². The van der Waals surface area contributed by atoms with E-state index in [2.05, 4.69) is 35.9 Å². The van der Waals surface area contributed by atoms with Gasteiger partial charge in [-0.3, -0.25) is 4.79 Å². The fourth-order valence-corrected chi connectivity index (χ4v) is 3.03. The summed E-state index contributed by atoms with van der Waals surface area (Å²) >= 11 is 1.72. The SMILES string of the molecule is CCNc1ccccc1C(=O)NCC(C)(C)c1cccs1. The molecule has 0 saturated heterocycles. The van der Waals surface area contributed by atoms with Crippen molar-refractivity contribution < 1.29 is 4.79 Å². The van der Waals surface area contributed by atoms with Crippen LogP contribution in [0.25, 0.3) is 0 Å². The third-order valence-corrected chi connectivity index (χ3v) is 4.65. The number of carbonyl (C=O) groups is 1. The number of para-hydroxylation sites is 1. The Morgan fingerprint density at radius 1 is 1.19 bits per heavy atom. The first-order valence-corrected chi connectivity index (χ1v) is 8.07. The highest BCUT2D eigenvalue weighted by molar-refractivity contribution is 7.10. The van der Waals surface area contributed by atoms with Gasteiger partial charge in [-0.1, -0.05) is 32.0 Å². The largest absolute Gasteiger partial charge is 0.385 e. The normalized spacial score (nSPS) is 11.2. The van der Waals surface area contributed by atoms with Gasteiger partial charge in [0.1, 0.15) is 0 Å². The van der Waals surface area contributed by atoms with Gasteiger partial charge in [0, 0.05) is 29.1 Å². The van der Waals surface area contributed by atoms with Gasteiger partial charge in [-0.05, 0) is 30.5 Å². The van der Waals surface area contributed by atoms with Crippen LogP contribution in [-0.2, 0) is 5.41 Å². The molecular weight excluding hydrogens is 280 g/mol. The van der Waals surface area contributed by atoms with Crippen LogP contribution in [-0.4, -0.2) is 19.0 Å². The molecule has 0 aliphatic carbocycles. The first kappa shape index (κ1) is 15.6. The van der Waals surface area contributed by atoms with E-state index in [9.17, 15) is 4.79 Å². The van der Waals surface area contributed by atoms with E-state index in [1.807, 2.05) is 37.3 Å². The Kier molecular flexibility index (Phi) is 5.02. The molecule has 2 N–H and O–H groups in total. The fourth-order valence-electron chi connectivity index (χ4n) is 2.17. The van der Waals surface area contributed by atoms with Gasteiger partial charge in [0.25, 0.3) is 5.91 Å². The maximum atomic E-state index is 12.4. The van der Waals surface area contributed by atoms with Crippen LogP contribution in [0, 0.1) is 0 Å². The van der Waals surface area contributed by atoms with E-state index in [1.54, 1.807) is 11.3 Å². The van der Waals surface area contributed by atoms with Gasteiger partial charge in [0.2, 0.25) is 0 Å². The third kappa shape index (κ3) is 3.85. The molecule has 0 saturated carbocycles. The molecule has 2 aromatic rings. The van der Waals surface area contributed by atoms with E-state index < -0.39 is 0 Å². The summed E-state index contributed by atoms with van der Waals surface area (Å²) in [6, 6.07) is 11.8. The van der Waals surface area contributed by atoms with Crippen molar-refractivity contribution in [3.05, 3.63) is 52.2 Å². The van der Waals surface area contributed by atoms with Crippen LogP contribution in [0.5, 0.6) is 0 Å². The number of hydrogen-bond donors (Lipinski definition) is 2. The van der Waals surface area contributed by atoms with Crippen molar-refractivity contribution in [1.82, 2.24) is 5.32 Å². The second kappa shape index (κ2) is 6.76. The van der Waals surface area contributed by atoms with E-state index in [1.165, 1.54) is 4.88 Å². The zero-order valence-corrected chi connectivity index (χ0v) is 13.6. The van der Waals surface area contributed by atoms with Crippen molar-refractivity contribution in [2.24, 2.45) is 0 Å². The Morgan fingerprint density at radius 3 is 2.62 bits per heavy atom. The summed E-state index contributed by atoms with van der Waals surface area (Å²) in [6.07, 6.45) is 0. The van der Waals surface area contributed by atoms with Gasteiger partial charge in [-0.15, -0.1) is 11.3 Å². The minimum atomic E-state index is -0.0586. The molecule has 0 spiro atoms. The number of benzene rings is 1. The molecule has 1 heterocycles. The van der Waals surface area contributed by atoms with Gasteiger partial charge in [-0.2, -0.15) is 0 Å². The lowest BCUT2D eigenvalue weighted by Crippen LogP contribution is -2.36. The van der Waals surface area contributed by atoms with E-state index in [0.29, 0.717) is 12.1 Å². The lowest BCUT2D eigenvalue weighted by Gasteiger charge is -2.24. The monoisotopic (exact) mass is 302 g/mol. The van der Waals surface area contributed by atoms with Crippen LogP contribution in [0.2, 0.25) is 0 Å². The Labute approximate surface area is 130 Å². The van der Waals surface area contributed by atoms with Crippen LogP contribution in [0.3, 0.4) is 0 Å². The summed E-state index contributed by atoms with van der Waals surface area (Å²) in [5.74, 6) is -0.0313. The number of hydrogen-bond acceptors (Lipinski definition) is 3. The lowest BCUT2D eigenvalue weighted by atomic mass is 9.91. The Morgan fingerprint density at radius 2 is 1.95 bits per heavy atom. The Bertz CT molecular complexity index is 591. The summed E-state index contributed by atoms with van der Waals surface area (Å²) < 4.78 is 0. The van der Waals surface area contributed by atoms with Gasteiger partial charge in [0.05, 0.1) is 5.56 Å². The summed E-state index contributed by atoms with van der Waals surface area (Å²) in [4.78, 5) is 13.7. The summed E-state index contributed by atoms with van der Waals surface area (Å²) in [5, 5.41) is 8.35. The fraction of sp³-hybridized carbons (Fsp3) is 0.353. The molecular formula is C17H22N2OS. The van der Waals surface area contributed by atoms with Crippen LogP contribution >= 0.6 is 11.3 Å². The molecule has 21 heavy (non-hydrogen) atoms. The van der Waals surface area contributed by atoms with Crippen molar-refractivity contribution in [1.29, 1.82) is 0 Å². The number of anilines is 1. The predicted molar refractivity (Wildman–Crippen MR) is 90.3 cm³/mol. The van der Waals surface area contributed by atoms with Gasteiger partial charge in [-0.25, -0.2) is 0 Å². The van der Waals surface area contributed by atoms with Crippen molar-refractivity contribution >= 4 is 22.9 Å². The van der Waals surface area contributed by atoms with E-state index in [-0.39, 0.29) is 11.3 Å². The molecule has 0 bridgehead atoms. The molecule has 2 rings (SSSR count). The first-order chi connectivity index (χ1) is 10.0. The molecule has 0 aliphatic heterocycles.